The summed E-state index contributed by atoms with van der Waals surface area (Å²) < 4.78 is 19.8. The van der Waals surface area contributed by atoms with Crippen LogP contribution in [0.1, 0.15) is 10.4 Å². The molecule has 0 aliphatic carbocycles. The molecule has 104 valence electrons. The van der Waals surface area contributed by atoms with Gasteiger partial charge in [0.1, 0.15) is 11.3 Å². The first-order chi connectivity index (χ1) is 9.51. The van der Waals surface area contributed by atoms with E-state index in [-0.39, 0.29) is 5.82 Å². The highest BCUT2D eigenvalue weighted by molar-refractivity contribution is 9.10. The van der Waals surface area contributed by atoms with E-state index in [0.717, 1.165) is 10.5 Å². The van der Waals surface area contributed by atoms with Crippen LogP contribution in [0.3, 0.4) is 0 Å². The predicted molar refractivity (Wildman–Crippen MR) is 75.1 cm³/mol. The number of hydrogen-bond donors (Lipinski definition) is 2. The Labute approximate surface area is 122 Å². The number of nitrogens with one attached hydrogen (secondary N) is 1. The van der Waals surface area contributed by atoms with Crippen molar-refractivity contribution in [1.82, 2.24) is 4.98 Å². The average molecular weight is 341 g/mol. The van der Waals surface area contributed by atoms with E-state index >= 15 is 0 Å². The smallest absolute Gasteiger partial charge is 0.338 e. The zero-order valence-corrected chi connectivity index (χ0v) is 11.9. The van der Waals surface area contributed by atoms with Crippen LogP contribution in [0.15, 0.2) is 34.9 Å². The van der Waals surface area contributed by atoms with Crippen LogP contribution >= 0.6 is 15.9 Å². The summed E-state index contributed by atoms with van der Waals surface area (Å²) in [5, 5.41) is 11.6. The van der Waals surface area contributed by atoms with Gasteiger partial charge < -0.3 is 15.2 Å². The summed E-state index contributed by atoms with van der Waals surface area (Å²) in [6, 6.07) is 6.17. The molecule has 1 heterocycles. The van der Waals surface area contributed by atoms with Gasteiger partial charge in [0.05, 0.1) is 7.11 Å². The summed E-state index contributed by atoms with van der Waals surface area (Å²) >= 11 is 3.30. The van der Waals surface area contributed by atoms with Crippen LogP contribution in [0, 0.1) is 5.82 Å². The van der Waals surface area contributed by atoms with Crippen LogP contribution in [0.4, 0.5) is 15.9 Å². The lowest BCUT2D eigenvalue weighted by molar-refractivity contribution is 0.0692. The van der Waals surface area contributed by atoms with Crippen molar-refractivity contribution < 1.29 is 19.0 Å². The summed E-state index contributed by atoms with van der Waals surface area (Å²) in [6.45, 7) is 0. The second kappa shape index (κ2) is 5.87. The van der Waals surface area contributed by atoms with Crippen molar-refractivity contribution in [2.45, 2.75) is 0 Å². The summed E-state index contributed by atoms with van der Waals surface area (Å²) in [7, 11) is 1.51. The maximum Gasteiger partial charge on any atom is 0.338 e. The largest absolute Gasteiger partial charge is 0.497 e. The third-order valence-electron chi connectivity index (χ3n) is 2.49. The second-order valence-corrected chi connectivity index (χ2v) is 4.75. The lowest BCUT2D eigenvalue weighted by atomic mass is 10.2. The summed E-state index contributed by atoms with van der Waals surface area (Å²) in [5.41, 5.74) is 0.0784. The molecule has 0 saturated carbocycles. The molecule has 2 rings (SSSR count). The van der Waals surface area contributed by atoms with Gasteiger partial charge in [-0.15, -0.1) is 0 Å². The Morgan fingerprint density at radius 1 is 1.45 bits per heavy atom. The van der Waals surface area contributed by atoms with Crippen LogP contribution in [0.2, 0.25) is 0 Å². The lowest BCUT2D eigenvalue weighted by Gasteiger charge is -2.10. The molecule has 0 unspecified atom stereocenters. The number of ether oxygens (including phenoxy) is 1. The van der Waals surface area contributed by atoms with E-state index in [0.29, 0.717) is 11.4 Å². The van der Waals surface area contributed by atoms with E-state index in [1.54, 1.807) is 18.2 Å². The summed E-state index contributed by atoms with van der Waals surface area (Å²) in [5.74, 6) is -1.86. The van der Waals surface area contributed by atoms with Crippen molar-refractivity contribution in [1.29, 1.82) is 0 Å². The van der Waals surface area contributed by atoms with Crippen molar-refractivity contribution in [3.8, 4) is 5.75 Å². The highest BCUT2D eigenvalue weighted by Gasteiger charge is 2.15. The molecule has 0 spiro atoms. The van der Waals surface area contributed by atoms with Crippen LogP contribution in [-0.2, 0) is 0 Å². The number of carbonyl (C=O) groups is 1. The minimum absolute atomic E-state index is 0.162. The number of pyridine rings is 1. The molecule has 0 atom stereocenters. The molecule has 0 amide bonds. The zero-order valence-electron chi connectivity index (χ0n) is 10.4. The number of carboxylic acid groups (broad SMARTS) is 1. The number of aromatic nitrogens is 1. The molecule has 0 radical (unpaired) electrons. The van der Waals surface area contributed by atoms with Gasteiger partial charge in [0.15, 0.2) is 11.6 Å². The molecule has 20 heavy (non-hydrogen) atoms. The van der Waals surface area contributed by atoms with Crippen molar-refractivity contribution in [3.05, 3.63) is 46.3 Å². The maximum absolute atomic E-state index is 13.9. The van der Waals surface area contributed by atoms with E-state index in [9.17, 15) is 9.18 Å². The van der Waals surface area contributed by atoms with Gasteiger partial charge in [-0.3, -0.25) is 0 Å². The number of aromatic carboxylic acids is 1. The van der Waals surface area contributed by atoms with Gasteiger partial charge in [-0.05, 0) is 18.2 Å². The van der Waals surface area contributed by atoms with Crippen molar-refractivity contribution in [2.75, 3.05) is 12.4 Å². The molecular formula is C13H10BrFN2O3. The van der Waals surface area contributed by atoms with Gasteiger partial charge >= 0.3 is 5.97 Å². The van der Waals surface area contributed by atoms with E-state index in [2.05, 4.69) is 26.2 Å². The van der Waals surface area contributed by atoms with Gasteiger partial charge in [0, 0.05) is 22.4 Å². The molecule has 2 aromatic rings. The van der Waals surface area contributed by atoms with Gasteiger partial charge in [-0.25, -0.2) is 14.2 Å². The van der Waals surface area contributed by atoms with E-state index in [1.807, 2.05) is 0 Å². The fraction of sp³-hybridized carbons (Fsp3) is 0.0769. The number of rotatable bonds is 4. The molecule has 5 nitrogen and oxygen atoms in total. The number of methoxy groups -OCH3 is 1. The minimum Gasteiger partial charge on any atom is -0.497 e. The molecule has 2 N–H and O–H groups in total. The Morgan fingerprint density at radius 2 is 2.20 bits per heavy atom. The van der Waals surface area contributed by atoms with Crippen molar-refractivity contribution in [3.63, 3.8) is 0 Å². The standard InChI is InChI=1S/C13H10BrFN2O3/c1-20-9-5-7(14)4-8(6-9)17-12-11(15)10(13(18)19)2-3-16-12/h2-6H,1H3,(H,16,17)(H,18,19). The fourth-order valence-corrected chi connectivity index (χ4v) is 2.06. The Balaban J connectivity index is 2.37. The maximum atomic E-state index is 13.9. The average Bonchev–Trinajstić information content (AvgIpc) is 2.40. The Morgan fingerprint density at radius 3 is 2.85 bits per heavy atom. The Kier molecular flexibility index (Phi) is 4.19. The topological polar surface area (TPSA) is 71.5 Å². The Hall–Kier alpha value is -2.15. The Bertz CT molecular complexity index is 664. The highest BCUT2D eigenvalue weighted by atomic mass is 79.9. The second-order valence-electron chi connectivity index (χ2n) is 3.83. The quantitative estimate of drug-likeness (QED) is 0.892. The lowest BCUT2D eigenvalue weighted by Crippen LogP contribution is -2.05. The van der Waals surface area contributed by atoms with Gasteiger partial charge in [0.2, 0.25) is 0 Å². The number of benzene rings is 1. The molecule has 0 fully saturated rings. The number of hydrogen-bond acceptors (Lipinski definition) is 4. The first-order valence-corrected chi connectivity index (χ1v) is 6.30. The summed E-state index contributed by atoms with van der Waals surface area (Å²) in [4.78, 5) is 14.7. The predicted octanol–water partition coefficient (Wildman–Crippen LogP) is 3.43. The molecule has 7 heteroatoms. The van der Waals surface area contributed by atoms with Crippen molar-refractivity contribution in [2.24, 2.45) is 0 Å². The van der Waals surface area contributed by atoms with E-state index in [1.165, 1.54) is 13.3 Å². The molecule has 1 aromatic carbocycles. The third kappa shape index (κ3) is 3.05. The van der Waals surface area contributed by atoms with Crippen LogP contribution in [-0.4, -0.2) is 23.2 Å². The van der Waals surface area contributed by atoms with Crippen molar-refractivity contribution >= 4 is 33.4 Å². The minimum atomic E-state index is -1.35. The molecule has 0 aliphatic rings. The van der Waals surface area contributed by atoms with Crippen LogP contribution in [0.25, 0.3) is 0 Å². The van der Waals surface area contributed by atoms with Gasteiger partial charge in [-0.2, -0.15) is 0 Å². The molecule has 1 aromatic heterocycles. The van der Waals surface area contributed by atoms with Crippen LogP contribution < -0.4 is 10.1 Å². The fourth-order valence-electron chi connectivity index (χ4n) is 1.59. The molecule has 0 bridgehead atoms. The zero-order chi connectivity index (χ0) is 14.7. The number of anilines is 2. The molecule has 0 aliphatic heterocycles. The SMILES string of the molecule is COc1cc(Br)cc(Nc2nccc(C(=O)O)c2F)c1. The highest BCUT2D eigenvalue weighted by Crippen LogP contribution is 2.27. The van der Waals surface area contributed by atoms with Gasteiger partial charge in [0.25, 0.3) is 0 Å². The number of carboxylic acids is 1. The van der Waals surface area contributed by atoms with E-state index < -0.39 is 17.3 Å². The number of halogens is 2. The first kappa shape index (κ1) is 14.3. The summed E-state index contributed by atoms with van der Waals surface area (Å²) in [6.07, 6.45) is 1.23. The third-order valence-corrected chi connectivity index (χ3v) is 2.95. The molecular weight excluding hydrogens is 331 g/mol. The monoisotopic (exact) mass is 340 g/mol. The normalized spacial score (nSPS) is 10.2. The van der Waals surface area contributed by atoms with Crippen LogP contribution in [0.5, 0.6) is 5.75 Å². The number of nitrogens with zero attached hydrogens (tertiary/aromatic N) is 1. The first-order valence-electron chi connectivity index (χ1n) is 5.50. The van der Waals surface area contributed by atoms with E-state index in [4.69, 9.17) is 9.84 Å². The van der Waals surface area contributed by atoms with Gasteiger partial charge in [-0.1, -0.05) is 15.9 Å². The molecule has 0 saturated heterocycles.